The van der Waals surface area contributed by atoms with Gasteiger partial charge >= 0.3 is 5.97 Å². The molecule has 0 unspecified atom stereocenters. The zero-order valence-corrected chi connectivity index (χ0v) is 13.7. The minimum atomic E-state index is -0.477. The van der Waals surface area contributed by atoms with Crippen LogP contribution in [0.5, 0.6) is 0 Å². The van der Waals surface area contributed by atoms with E-state index in [1.807, 2.05) is 32.2 Å². The number of fused-ring (bicyclic) bond motifs is 1. The van der Waals surface area contributed by atoms with E-state index in [0.717, 1.165) is 10.4 Å². The number of thiophene rings is 1. The van der Waals surface area contributed by atoms with Gasteiger partial charge in [0.05, 0.1) is 12.7 Å². The number of imidazole rings is 1. The van der Waals surface area contributed by atoms with E-state index >= 15 is 0 Å². The molecule has 0 bridgehead atoms. The Morgan fingerprint density at radius 1 is 1.30 bits per heavy atom. The Balaban J connectivity index is 1.90. The number of hydrogen-bond donors (Lipinski definition) is 1. The maximum atomic E-state index is 12.4. The van der Waals surface area contributed by atoms with Gasteiger partial charge in [-0.3, -0.25) is 4.79 Å². The molecular formula is C16H15N3O3S. The van der Waals surface area contributed by atoms with Crippen molar-refractivity contribution >= 4 is 33.9 Å². The summed E-state index contributed by atoms with van der Waals surface area (Å²) in [5, 5.41) is 3.21. The molecule has 3 aromatic heterocycles. The number of pyridine rings is 1. The van der Waals surface area contributed by atoms with E-state index in [1.165, 1.54) is 18.4 Å². The van der Waals surface area contributed by atoms with E-state index in [9.17, 15) is 9.59 Å². The van der Waals surface area contributed by atoms with E-state index in [0.29, 0.717) is 16.2 Å². The van der Waals surface area contributed by atoms with Gasteiger partial charge in [-0.15, -0.1) is 11.3 Å². The molecule has 118 valence electrons. The number of amides is 1. The third kappa shape index (κ3) is 2.95. The number of carbonyl (C=O) groups is 2. The Labute approximate surface area is 136 Å². The number of aromatic nitrogens is 2. The molecule has 0 saturated carbocycles. The standard InChI is InChI=1S/C16H15N3O3S/c1-9-4-5-19-8-12(17-13(19)6-9)14(20)18-15-11(16(21)22-3)7-10(2)23-15/h4-8H,1-3H3,(H,18,20). The molecular weight excluding hydrogens is 314 g/mol. The van der Waals surface area contributed by atoms with Crippen LogP contribution < -0.4 is 5.32 Å². The Morgan fingerprint density at radius 2 is 2.09 bits per heavy atom. The summed E-state index contributed by atoms with van der Waals surface area (Å²) in [4.78, 5) is 29.4. The number of ether oxygens (including phenoxy) is 1. The molecule has 0 aliphatic heterocycles. The predicted molar refractivity (Wildman–Crippen MR) is 88.3 cm³/mol. The third-order valence-corrected chi connectivity index (χ3v) is 4.30. The van der Waals surface area contributed by atoms with Crippen molar-refractivity contribution in [2.75, 3.05) is 12.4 Å². The second kappa shape index (κ2) is 5.85. The molecule has 0 spiro atoms. The molecule has 0 aromatic carbocycles. The second-order valence-corrected chi connectivity index (χ2v) is 6.40. The number of nitrogens with one attached hydrogen (secondary N) is 1. The molecule has 1 amide bonds. The number of hydrogen-bond acceptors (Lipinski definition) is 5. The molecule has 1 N–H and O–H groups in total. The Morgan fingerprint density at radius 3 is 2.83 bits per heavy atom. The number of rotatable bonds is 3. The van der Waals surface area contributed by atoms with Crippen LogP contribution in [0, 0.1) is 13.8 Å². The minimum absolute atomic E-state index is 0.289. The highest BCUT2D eigenvalue weighted by molar-refractivity contribution is 7.16. The van der Waals surface area contributed by atoms with Gasteiger partial charge in [0.15, 0.2) is 0 Å². The number of nitrogens with zero attached hydrogens (tertiary/aromatic N) is 2. The molecule has 0 fully saturated rings. The van der Waals surface area contributed by atoms with Crippen LogP contribution in [-0.2, 0) is 4.74 Å². The van der Waals surface area contributed by atoms with E-state index < -0.39 is 5.97 Å². The zero-order valence-electron chi connectivity index (χ0n) is 12.9. The van der Waals surface area contributed by atoms with Crippen LogP contribution in [0.2, 0.25) is 0 Å². The first-order valence-electron chi connectivity index (χ1n) is 6.93. The summed E-state index contributed by atoms with van der Waals surface area (Å²) in [5.41, 5.74) is 2.41. The highest BCUT2D eigenvalue weighted by Crippen LogP contribution is 2.28. The van der Waals surface area contributed by atoms with Crippen LogP contribution in [0.3, 0.4) is 0 Å². The fourth-order valence-electron chi connectivity index (χ4n) is 2.23. The summed E-state index contributed by atoms with van der Waals surface area (Å²) in [7, 11) is 1.31. The summed E-state index contributed by atoms with van der Waals surface area (Å²) in [6, 6.07) is 5.53. The summed E-state index contributed by atoms with van der Waals surface area (Å²) in [6.45, 7) is 3.83. The Hall–Kier alpha value is -2.67. The van der Waals surface area contributed by atoms with Crippen molar-refractivity contribution in [2.45, 2.75) is 13.8 Å². The van der Waals surface area contributed by atoms with Crippen molar-refractivity contribution < 1.29 is 14.3 Å². The predicted octanol–water partition coefficient (Wildman–Crippen LogP) is 3.05. The second-order valence-electron chi connectivity index (χ2n) is 5.14. The Bertz CT molecular complexity index is 911. The molecule has 23 heavy (non-hydrogen) atoms. The van der Waals surface area contributed by atoms with E-state index in [2.05, 4.69) is 10.3 Å². The maximum absolute atomic E-state index is 12.4. The lowest BCUT2D eigenvalue weighted by molar-refractivity contribution is 0.0602. The lowest BCUT2D eigenvalue weighted by Gasteiger charge is -2.03. The van der Waals surface area contributed by atoms with Crippen molar-refractivity contribution in [3.8, 4) is 0 Å². The molecule has 3 heterocycles. The summed E-state index contributed by atoms with van der Waals surface area (Å²) >= 11 is 1.32. The van der Waals surface area contributed by atoms with Gasteiger partial charge in [0.2, 0.25) is 0 Å². The van der Waals surface area contributed by atoms with Crippen LogP contribution in [-0.4, -0.2) is 28.4 Å². The van der Waals surface area contributed by atoms with Gasteiger partial charge in [-0.05, 0) is 37.6 Å². The molecule has 6 nitrogen and oxygen atoms in total. The highest BCUT2D eigenvalue weighted by Gasteiger charge is 2.19. The highest BCUT2D eigenvalue weighted by atomic mass is 32.1. The monoisotopic (exact) mass is 329 g/mol. The van der Waals surface area contributed by atoms with Crippen LogP contribution >= 0.6 is 11.3 Å². The van der Waals surface area contributed by atoms with Gasteiger partial charge in [-0.2, -0.15) is 0 Å². The number of esters is 1. The van der Waals surface area contributed by atoms with Crippen molar-refractivity contribution in [3.05, 3.63) is 52.3 Å². The smallest absolute Gasteiger partial charge is 0.340 e. The Kier molecular flexibility index (Phi) is 3.87. The molecule has 7 heteroatoms. The van der Waals surface area contributed by atoms with Gasteiger partial charge in [0.25, 0.3) is 5.91 Å². The fourth-order valence-corrected chi connectivity index (χ4v) is 3.12. The summed E-state index contributed by atoms with van der Waals surface area (Å²) in [6.07, 6.45) is 3.51. The third-order valence-electron chi connectivity index (χ3n) is 3.34. The average molecular weight is 329 g/mol. The van der Waals surface area contributed by atoms with Gasteiger partial charge in [0, 0.05) is 17.3 Å². The largest absolute Gasteiger partial charge is 0.465 e. The topological polar surface area (TPSA) is 72.7 Å². The van der Waals surface area contributed by atoms with Crippen molar-refractivity contribution in [1.29, 1.82) is 0 Å². The number of carbonyl (C=O) groups excluding carboxylic acids is 2. The minimum Gasteiger partial charge on any atom is -0.465 e. The number of anilines is 1. The van der Waals surface area contributed by atoms with Gasteiger partial charge in [-0.1, -0.05) is 0 Å². The van der Waals surface area contributed by atoms with Gasteiger partial charge in [0.1, 0.15) is 16.3 Å². The molecule has 0 radical (unpaired) electrons. The molecule has 0 aliphatic rings. The van der Waals surface area contributed by atoms with Crippen LogP contribution in [0.1, 0.15) is 31.3 Å². The summed E-state index contributed by atoms with van der Waals surface area (Å²) in [5.74, 6) is -0.839. The van der Waals surface area contributed by atoms with Gasteiger partial charge < -0.3 is 14.5 Å². The SMILES string of the molecule is COC(=O)c1cc(C)sc1NC(=O)c1cn2ccc(C)cc2n1. The van der Waals surface area contributed by atoms with Gasteiger partial charge in [-0.25, -0.2) is 9.78 Å². The average Bonchev–Trinajstić information content (AvgIpc) is 3.09. The maximum Gasteiger partial charge on any atom is 0.340 e. The van der Waals surface area contributed by atoms with E-state index in [4.69, 9.17) is 4.74 Å². The quantitative estimate of drug-likeness (QED) is 0.750. The zero-order chi connectivity index (χ0) is 16.6. The van der Waals surface area contributed by atoms with Crippen LogP contribution in [0.25, 0.3) is 5.65 Å². The number of methoxy groups -OCH3 is 1. The van der Waals surface area contributed by atoms with Crippen LogP contribution in [0.15, 0.2) is 30.6 Å². The summed E-state index contributed by atoms with van der Waals surface area (Å²) < 4.78 is 6.52. The lowest BCUT2D eigenvalue weighted by Crippen LogP contribution is -2.14. The normalized spacial score (nSPS) is 10.7. The number of aryl methyl sites for hydroxylation is 2. The molecule has 3 aromatic rings. The van der Waals surface area contributed by atoms with E-state index in [-0.39, 0.29) is 11.6 Å². The molecule has 0 atom stereocenters. The lowest BCUT2D eigenvalue weighted by atomic mass is 10.3. The molecule has 0 aliphatic carbocycles. The molecule has 0 saturated heterocycles. The fraction of sp³-hybridized carbons (Fsp3) is 0.188. The van der Waals surface area contributed by atoms with Crippen LogP contribution in [0.4, 0.5) is 5.00 Å². The first-order valence-corrected chi connectivity index (χ1v) is 7.75. The van der Waals surface area contributed by atoms with E-state index in [1.54, 1.807) is 16.7 Å². The van der Waals surface area contributed by atoms with Crippen molar-refractivity contribution in [2.24, 2.45) is 0 Å². The van der Waals surface area contributed by atoms with Crippen molar-refractivity contribution in [3.63, 3.8) is 0 Å². The first kappa shape index (κ1) is 15.2. The van der Waals surface area contributed by atoms with Crippen molar-refractivity contribution in [1.82, 2.24) is 9.38 Å². The first-order chi connectivity index (χ1) is 11.0. The molecule has 3 rings (SSSR count).